The van der Waals surface area contributed by atoms with Gasteiger partial charge in [0.05, 0.1) is 15.1 Å². The van der Waals surface area contributed by atoms with Gasteiger partial charge in [0, 0.05) is 6.42 Å². The Kier molecular flexibility index (Phi) is 4.11. The first-order valence-electron chi connectivity index (χ1n) is 4.38. The van der Waals surface area contributed by atoms with Crippen LogP contribution in [0.5, 0.6) is 5.75 Å². The monoisotopic (exact) mass is 294 g/mol. The highest BCUT2D eigenvalue weighted by Crippen LogP contribution is 2.35. The summed E-state index contributed by atoms with van der Waals surface area (Å²) >= 11 is 8.56. The Hall–Kier alpha value is -0.610. The maximum atomic E-state index is 13.5. The molecule has 0 radical (unpaired) electrons. The highest BCUT2D eigenvalue weighted by Gasteiger charge is 2.21. The van der Waals surface area contributed by atoms with Crippen molar-refractivity contribution in [2.75, 3.05) is 0 Å². The number of aromatic hydroxyl groups is 1. The van der Waals surface area contributed by atoms with Crippen LogP contribution in [0.25, 0.3) is 0 Å². The second kappa shape index (κ2) is 4.94. The minimum absolute atomic E-state index is 0.0391. The molecule has 2 nitrogen and oxygen atoms in total. The predicted molar refractivity (Wildman–Crippen MR) is 60.0 cm³/mol. The molecule has 0 spiro atoms. The van der Waals surface area contributed by atoms with E-state index in [1.165, 1.54) is 6.07 Å². The van der Waals surface area contributed by atoms with Crippen molar-refractivity contribution in [3.63, 3.8) is 0 Å². The first-order chi connectivity index (χ1) is 6.99. The van der Waals surface area contributed by atoms with E-state index in [0.717, 1.165) is 0 Å². The van der Waals surface area contributed by atoms with Crippen molar-refractivity contribution in [3.05, 3.63) is 26.9 Å². The number of hydrogen-bond donors (Lipinski definition) is 1. The zero-order chi connectivity index (χ0) is 11.6. The van der Waals surface area contributed by atoms with E-state index in [9.17, 15) is 14.3 Å². The van der Waals surface area contributed by atoms with E-state index in [-0.39, 0.29) is 21.5 Å². The molecule has 82 valence electrons. The lowest BCUT2D eigenvalue weighted by molar-refractivity contribution is 0.0975. The van der Waals surface area contributed by atoms with Crippen LogP contribution in [0.15, 0.2) is 10.5 Å². The Morgan fingerprint density at radius 3 is 2.80 bits per heavy atom. The molecule has 0 saturated carbocycles. The van der Waals surface area contributed by atoms with E-state index >= 15 is 0 Å². The molecule has 5 heteroatoms. The fraction of sp³-hybridized carbons (Fsp3) is 0.300. The molecular formula is C10H9BrClFO2. The molecule has 1 rings (SSSR count). The molecule has 0 unspecified atom stereocenters. The summed E-state index contributed by atoms with van der Waals surface area (Å²) in [5, 5.41) is 9.45. The van der Waals surface area contributed by atoms with E-state index < -0.39 is 17.3 Å². The fourth-order valence-electron chi connectivity index (χ4n) is 1.19. The van der Waals surface area contributed by atoms with Crippen molar-refractivity contribution >= 4 is 33.3 Å². The molecule has 0 atom stereocenters. The van der Waals surface area contributed by atoms with Crippen molar-refractivity contribution in [2.24, 2.45) is 0 Å². The number of phenols is 1. The van der Waals surface area contributed by atoms with Gasteiger partial charge in [-0.05, 0) is 28.4 Å². The quantitative estimate of drug-likeness (QED) is 0.677. The number of benzene rings is 1. The van der Waals surface area contributed by atoms with Crippen LogP contribution in [0.4, 0.5) is 4.39 Å². The number of carbonyl (C=O) groups is 1. The number of hydrogen-bond acceptors (Lipinski definition) is 2. The zero-order valence-electron chi connectivity index (χ0n) is 7.98. The zero-order valence-corrected chi connectivity index (χ0v) is 10.3. The van der Waals surface area contributed by atoms with Crippen LogP contribution in [0, 0.1) is 5.82 Å². The molecule has 0 aliphatic heterocycles. The van der Waals surface area contributed by atoms with Gasteiger partial charge in [-0.2, -0.15) is 0 Å². The van der Waals surface area contributed by atoms with E-state index in [4.69, 9.17) is 11.6 Å². The third kappa shape index (κ3) is 2.49. The maximum absolute atomic E-state index is 13.5. The van der Waals surface area contributed by atoms with Gasteiger partial charge >= 0.3 is 0 Å². The van der Waals surface area contributed by atoms with E-state index in [2.05, 4.69) is 15.9 Å². The minimum Gasteiger partial charge on any atom is -0.506 e. The van der Waals surface area contributed by atoms with Crippen LogP contribution in [-0.4, -0.2) is 10.9 Å². The van der Waals surface area contributed by atoms with Gasteiger partial charge in [-0.25, -0.2) is 4.39 Å². The van der Waals surface area contributed by atoms with Gasteiger partial charge in [-0.15, -0.1) is 0 Å². The van der Waals surface area contributed by atoms with E-state index in [1.807, 2.05) is 0 Å². The van der Waals surface area contributed by atoms with E-state index in [0.29, 0.717) is 6.42 Å². The summed E-state index contributed by atoms with van der Waals surface area (Å²) in [6, 6.07) is 1.22. The molecule has 1 aromatic carbocycles. The number of halogens is 3. The van der Waals surface area contributed by atoms with Crippen molar-refractivity contribution in [3.8, 4) is 5.75 Å². The number of phenolic OH excluding ortho intramolecular Hbond substituents is 1. The summed E-state index contributed by atoms with van der Waals surface area (Å²) in [5.41, 5.74) is -0.337. The van der Waals surface area contributed by atoms with Crippen LogP contribution < -0.4 is 0 Å². The Labute approximate surface area is 100 Å². The molecule has 15 heavy (non-hydrogen) atoms. The fourth-order valence-corrected chi connectivity index (χ4v) is 1.95. The molecular weight excluding hydrogens is 286 g/mol. The second-order valence-corrected chi connectivity index (χ2v) is 4.31. The minimum atomic E-state index is -0.768. The van der Waals surface area contributed by atoms with Crippen LogP contribution in [0.2, 0.25) is 5.02 Å². The molecule has 1 aromatic rings. The normalized spacial score (nSPS) is 10.4. The summed E-state index contributed by atoms with van der Waals surface area (Å²) in [5.74, 6) is -1.71. The SMILES string of the molecule is CCCC(=O)c1c(O)c(Cl)cc(Br)c1F. The molecule has 0 aliphatic rings. The Bertz CT molecular complexity index is 381. The van der Waals surface area contributed by atoms with Crippen LogP contribution in [0.1, 0.15) is 30.1 Å². The molecule has 1 N–H and O–H groups in total. The average molecular weight is 296 g/mol. The van der Waals surface area contributed by atoms with Gasteiger partial charge < -0.3 is 5.11 Å². The summed E-state index contributed by atoms with van der Waals surface area (Å²) in [7, 11) is 0. The lowest BCUT2D eigenvalue weighted by Gasteiger charge is -2.07. The summed E-state index contributed by atoms with van der Waals surface area (Å²) in [4.78, 5) is 11.5. The number of carbonyl (C=O) groups excluding carboxylic acids is 1. The molecule has 0 aliphatic carbocycles. The maximum Gasteiger partial charge on any atom is 0.169 e. The summed E-state index contributed by atoms with van der Waals surface area (Å²) < 4.78 is 13.6. The first-order valence-corrected chi connectivity index (χ1v) is 5.55. The standard InChI is InChI=1S/C10H9BrClFO2/c1-2-3-7(14)8-9(13)5(11)4-6(12)10(8)15/h4,15H,2-3H2,1H3. The number of Topliss-reactive ketones (excluding diaryl/α,β-unsaturated/α-hetero) is 1. The van der Waals surface area contributed by atoms with Crippen molar-refractivity contribution in [2.45, 2.75) is 19.8 Å². The van der Waals surface area contributed by atoms with Gasteiger partial charge in [0.1, 0.15) is 5.75 Å². The molecule has 0 aromatic heterocycles. The third-order valence-corrected chi connectivity index (χ3v) is 2.77. The summed E-state index contributed by atoms with van der Waals surface area (Å²) in [6.07, 6.45) is 0.763. The van der Waals surface area contributed by atoms with Crippen LogP contribution >= 0.6 is 27.5 Å². The number of rotatable bonds is 3. The summed E-state index contributed by atoms with van der Waals surface area (Å²) in [6.45, 7) is 1.80. The average Bonchev–Trinajstić information content (AvgIpc) is 2.16. The smallest absolute Gasteiger partial charge is 0.169 e. The number of ketones is 1. The van der Waals surface area contributed by atoms with Crippen molar-refractivity contribution in [1.29, 1.82) is 0 Å². The van der Waals surface area contributed by atoms with Gasteiger partial charge in [-0.3, -0.25) is 4.79 Å². The lowest BCUT2D eigenvalue weighted by atomic mass is 10.1. The van der Waals surface area contributed by atoms with Gasteiger partial charge in [0.25, 0.3) is 0 Å². The lowest BCUT2D eigenvalue weighted by Crippen LogP contribution is -2.03. The second-order valence-electron chi connectivity index (χ2n) is 3.05. The molecule has 0 bridgehead atoms. The largest absolute Gasteiger partial charge is 0.506 e. The topological polar surface area (TPSA) is 37.3 Å². The molecule has 0 heterocycles. The highest BCUT2D eigenvalue weighted by atomic mass is 79.9. The Morgan fingerprint density at radius 1 is 1.67 bits per heavy atom. The van der Waals surface area contributed by atoms with E-state index in [1.54, 1.807) is 6.92 Å². The predicted octanol–water partition coefficient (Wildman–Crippen LogP) is 3.93. The molecule has 0 fully saturated rings. The third-order valence-electron chi connectivity index (χ3n) is 1.90. The highest BCUT2D eigenvalue weighted by molar-refractivity contribution is 9.10. The molecule has 0 saturated heterocycles. The van der Waals surface area contributed by atoms with Crippen LogP contribution in [-0.2, 0) is 0 Å². The Balaban J connectivity index is 3.32. The Morgan fingerprint density at radius 2 is 2.27 bits per heavy atom. The van der Waals surface area contributed by atoms with Gasteiger partial charge in [0.15, 0.2) is 11.6 Å². The van der Waals surface area contributed by atoms with Crippen LogP contribution in [0.3, 0.4) is 0 Å². The van der Waals surface area contributed by atoms with Gasteiger partial charge in [-0.1, -0.05) is 18.5 Å². The molecule has 0 amide bonds. The van der Waals surface area contributed by atoms with Crippen molar-refractivity contribution < 1.29 is 14.3 Å². The first kappa shape index (κ1) is 12.5. The van der Waals surface area contributed by atoms with Crippen molar-refractivity contribution in [1.82, 2.24) is 0 Å². The van der Waals surface area contributed by atoms with Gasteiger partial charge in [0.2, 0.25) is 0 Å².